The van der Waals surface area contributed by atoms with Gasteiger partial charge in [-0.1, -0.05) is 35.5 Å². The monoisotopic (exact) mass is 383 g/mol. The number of nitriles is 1. The van der Waals surface area contributed by atoms with Crippen LogP contribution in [0.15, 0.2) is 53.6 Å². The SMILES string of the molecule is COc1ccc2nc(SCC(=O)Nc3ccccc3Cl)c(C#N)cc2c1. The highest BCUT2D eigenvalue weighted by molar-refractivity contribution is 8.00. The van der Waals surface area contributed by atoms with Crippen LogP contribution in [0.1, 0.15) is 5.56 Å². The van der Waals surface area contributed by atoms with E-state index in [2.05, 4.69) is 16.4 Å². The van der Waals surface area contributed by atoms with Crippen molar-refractivity contribution in [2.75, 3.05) is 18.2 Å². The maximum absolute atomic E-state index is 12.2. The molecule has 0 saturated heterocycles. The van der Waals surface area contributed by atoms with E-state index in [1.54, 1.807) is 43.5 Å². The molecular formula is C19H14ClN3O2S. The molecule has 1 N–H and O–H groups in total. The summed E-state index contributed by atoms with van der Waals surface area (Å²) in [7, 11) is 1.58. The number of hydrogen-bond acceptors (Lipinski definition) is 5. The molecule has 3 aromatic rings. The number of amides is 1. The number of carbonyl (C=O) groups excluding carboxylic acids is 1. The summed E-state index contributed by atoms with van der Waals surface area (Å²) in [5.41, 5.74) is 1.71. The molecule has 0 aliphatic heterocycles. The summed E-state index contributed by atoms with van der Waals surface area (Å²) < 4.78 is 5.19. The van der Waals surface area contributed by atoms with Gasteiger partial charge in [0.05, 0.1) is 34.7 Å². The lowest BCUT2D eigenvalue weighted by Gasteiger charge is -2.08. The average Bonchev–Trinajstić information content (AvgIpc) is 2.67. The van der Waals surface area contributed by atoms with Crippen LogP contribution in [0.5, 0.6) is 5.75 Å². The first kappa shape index (κ1) is 18.1. The molecule has 7 heteroatoms. The number of anilines is 1. The second-order valence-electron chi connectivity index (χ2n) is 5.33. The zero-order chi connectivity index (χ0) is 18.5. The Labute approximate surface area is 159 Å². The van der Waals surface area contributed by atoms with Gasteiger partial charge in [0.1, 0.15) is 16.8 Å². The third-order valence-corrected chi connectivity index (χ3v) is 4.92. The molecule has 130 valence electrons. The van der Waals surface area contributed by atoms with Crippen molar-refractivity contribution in [1.82, 2.24) is 4.98 Å². The topological polar surface area (TPSA) is 75.0 Å². The van der Waals surface area contributed by atoms with Crippen LogP contribution in [-0.4, -0.2) is 23.8 Å². The zero-order valence-electron chi connectivity index (χ0n) is 13.8. The molecule has 0 spiro atoms. The summed E-state index contributed by atoms with van der Waals surface area (Å²) in [4.78, 5) is 16.7. The van der Waals surface area contributed by atoms with E-state index in [1.165, 1.54) is 11.8 Å². The first-order chi connectivity index (χ1) is 12.6. The van der Waals surface area contributed by atoms with Crippen LogP contribution >= 0.6 is 23.4 Å². The van der Waals surface area contributed by atoms with Crippen molar-refractivity contribution >= 4 is 45.9 Å². The van der Waals surface area contributed by atoms with E-state index < -0.39 is 0 Å². The van der Waals surface area contributed by atoms with Gasteiger partial charge in [0.15, 0.2) is 0 Å². The number of methoxy groups -OCH3 is 1. The highest BCUT2D eigenvalue weighted by Crippen LogP contribution is 2.27. The molecule has 0 unspecified atom stereocenters. The first-order valence-corrected chi connectivity index (χ1v) is 9.03. The Kier molecular flexibility index (Phi) is 5.61. The van der Waals surface area contributed by atoms with Gasteiger partial charge in [-0.05, 0) is 36.4 Å². The summed E-state index contributed by atoms with van der Waals surface area (Å²) in [6.07, 6.45) is 0. The number of halogens is 1. The molecular weight excluding hydrogens is 370 g/mol. The maximum Gasteiger partial charge on any atom is 0.234 e. The fraction of sp³-hybridized carbons (Fsp3) is 0.105. The number of benzene rings is 2. The number of thioether (sulfide) groups is 1. The molecule has 0 bridgehead atoms. The first-order valence-electron chi connectivity index (χ1n) is 7.67. The Hall–Kier alpha value is -2.75. The van der Waals surface area contributed by atoms with E-state index in [9.17, 15) is 10.1 Å². The van der Waals surface area contributed by atoms with Crippen LogP contribution in [0.25, 0.3) is 10.9 Å². The van der Waals surface area contributed by atoms with Crippen LogP contribution < -0.4 is 10.1 Å². The van der Waals surface area contributed by atoms with Gasteiger partial charge in [0.2, 0.25) is 5.91 Å². The van der Waals surface area contributed by atoms with Crippen LogP contribution in [-0.2, 0) is 4.79 Å². The number of para-hydroxylation sites is 1. The van der Waals surface area contributed by atoms with Crippen molar-refractivity contribution in [3.05, 3.63) is 59.1 Å². The van der Waals surface area contributed by atoms with E-state index in [4.69, 9.17) is 16.3 Å². The number of aromatic nitrogens is 1. The highest BCUT2D eigenvalue weighted by Gasteiger charge is 2.12. The minimum absolute atomic E-state index is 0.120. The lowest BCUT2D eigenvalue weighted by Crippen LogP contribution is -2.14. The number of fused-ring (bicyclic) bond motifs is 1. The van der Waals surface area contributed by atoms with Crippen molar-refractivity contribution in [2.45, 2.75) is 5.03 Å². The fourth-order valence-electron chi connectivity index (χ4n) is 2.34. The molecule has 0 atom stereocenters. The minimum atomic E-state index is -0.219. The second-order valence-corrected chi connectivity index (χ2v) is 6.70. The minimum Gasteiger partial charge on any atom is -0.497 e. The van der Waals surface area contributed by atoms with E-state index in [0.717, 1.165) is 10.9 Å². The highest BCUT2D eigenvalue weighted by atomic mass is 35.5. The van der Waals surface area contributed by atoms with Crippen molar-refractivity contribution < 1.29 is 9.53 Å². The van der Waals surface area contributed by atoms with Gasteiger partial charge in [0.25, 0.3) is 0 Å². The lowest BCUT2D eigenvalue weighted by atomic mass is 10.1. The van der Waals surface area contributed by atoms with Crippen LogP contribution in [0.4, 0.5) is 5.69 Å². The molecule has 0 radical (unpaired) electrons. The molecule has 3 rings (SSSR count). The Morgan fingerprint density at radius 3 is 2.85 bits per heavy atom. The number of nitrogens with zero attached hydrogens (tertiary/aromatic N) is 2. The normalized spacial score (nSPS) is 10.3. The summed E-state index contributed by atoms with van der Waals surface area (Å²) in [6.45, 7) is 0. The quantitative estimate of drug-likeness (QED) is 0.656. The third kappa shape index (κ3) is 4.07. The second kappa shape index (κ2) is 8.09. The molecule has 2 aromatic carbocycles. The Morgan fingerprint density at radius 2 is 2.12 bits per heavy atom. The Balaban J connectivity index is 1.77. The molecule has 1 amide bonds. The summed E-state index contributed by atoms with van der Waals surface area (Å²) in [6, 6.07) is 16.3. The Morgan fingerprint density at radius 1 is 1.31 bits per heavy atom. The third-order valence-electron chi connectivity index (χ3n) is 3.60. The zero-order valence-corrected chi connectivity index (χ0v) is 15.4. The van der Waals surface area contributed by atoms with E-state index in [1.807, 2.05) is 12.1 Å². The average molecular weight is 384 g/mol. The number of rotatable bonds is 5. The summed E-state index contributed by atoms with van der Waals surface area (Å²) >= 11 is 7.25. The smallest absolute Gasteiger partial charge is 0.234 e. The van der Waals surface area contributed by atoms with Crippen LogP contribution in [0.3, 0.4) is 0 Å². The van der Waals surface area contributed by atoms with Crippen molar-refractivity contribution in [3.63, 3.8) is 0 Å². The van der Waals surface area contributed by atoms with Gasteiger partial charge < -0.3 is 10.1 Å². The van der Waals surface area contributed by atoms with Crippen molar-refractivity contribution in [1.29, 1.82) is 5.26 Å². The van der Waals surface area contributed by atoms with Gasteiger partial charge in [-0.25, -0.2) is 4.98 Å². The summed E-state index contributed by atoms with van der Waals surface area (Å²) in [5.74, 6) is 0.598. The van der Waals surface area contributed by atoms with Gasteiger partial charge in [-0.3, -0.25) is 4.79 Å². The number of nitrogens with one attached hydrogen (secondary N) is 1. The number of carbonyl (C=O) groups is 1. The largest absolute Gasteiger partial charge is 0.497 e. The van der Waals surface area contributed by atoms with Gasteiger partial charge in [-0.15, -0.1) is 0 Å². The molecule has 26 heavy (non-hydrogen) atoms. The van der Waals surface area contributed by atoms with E-state index in [0.29, 0.717) is 27.0 Å². The Bertz CT molecular complexity index is 1020. The molecule has 0 aliphatic rings. The van der Waals surface area contributed by atoms with Crippen LogP contribution in [0.2, 0.25) is 5.02 Å². The molecule has 1 aromatic heterocycles. The summed E-state index contributed by atoms with van der Waals surface area (Å²) in [5, 5.41) is 13.9. The molecule has 0 fully saturated rings. The van der Waals surface area contributed by atoms with E-state index >= 15 is 0 Å². The fourth-order valence-corrected chi connectivity index (χ4v) is 3.28. The number of ether oxygens (including phenoxy) is 1. The van der Waals surface area contributed by atoms with E-state index in [-0.39, 0.29) is 11.7 Å². The lowest BCUT2D eigenvalue weighted by molar-refractivity contribution is -0.113. The predicted molar refractivity (Wildman–Crippen MR) is 104 cm³/mol. The van der Waals surface area contributed by atoms with Gasteiger partial charge in [0, 0.05) is 5.39 Å². The molecule has 0 saturated carbocycles. The van der Waals surface area contributed by atoms with Gasteiger partial charge >= 0.3 is 0 Å². The molecule has 0 aliphatic carbocycles. The standard InChI is InChI=1S/C19H14ClN3O2S/c1-25-14-6-7-16-12(9-14)8-13(10-21)19(23-16)26-11-18(24)22-17-5-3-2-4-15(17)20/h2-9H,11H2,1H3,(H,22,24). The number of hydrogen-bond donors (Lipinski definition) is 1. The van der Waals surface area contributed by atoms with Crippen LogP contribution in [0, 0.1) is 11.3 Å². The van der Waals surface area contributed by atoms with Crippen molar-refractivity contribution in [2.24, 2.45) is 0 Å². The predicted octanol–water partition coefficient (Wildman–Crippen LogP) is 4.50. The molecule has 1 heterocycles. The van der Waals surface area contributed by atoms with Gasteiger partial charge in [-0.2, -0.15) is 5.26 Å². The van der Waals surface area contributed by atoms with Crippen molar-refractivity contribution in [3.8, 4) is 11.8 Å². The number of pyridine rings is 1. The maximum atomic E-state index is 12.2. The molecule has 5 nitrogen and oxygen atoms in total.